The van der Waals surface area contributed by atoms with Gasteiger partial charge in [0, 0.05) is 22.4 Å². The molecule has 4 nitrogen and oxygen atoms in total. The fourth-order valence-corrected chi connectivity index (χ4v) is 4.04. The Morgan fingerprint density at radius 2 is 1.77 bits per heavy atom. The van der Waals surface area contributed by atoms with Gasteiger partial charge in [-0.3, -0.25) is 9.74 Å². The summed E-state index contributed by atoms with van der Waals surface area (Å²) in [5, 5.41) is 0. The Balaban J connectivity index is 0.000000628. The number of carbonyl (C=O) groups is 1. The van der Waals surface area contributed by atoms with Crippen molar-refractivity contribution >= 4 is 6.47 Å². The second kappa shape index (κ2) is 10.2. The summed E-state index contributed by atoms with van der Waals surface area (Å²) in [5.41, 5.74) is 7.69. The van der Waals surface area contributed by atoms with Gasteiger partial charge in [-0.2, -0.15) is 0 Å². The lowest BCUT2D eigenvalue weighted by atomic mass is 9.94. The maximum Gasteiger partial charge on any atom is 0.337 e. The number of fused-ring (bicyclic) bond motifs is 1. The lowest BCUT2D eigenvalue weighted by molar-refractivity contribution is -0.165. The Bertz CT molecular complexity index is 1050. The van der Waals surface area contributed by atoms with Crippen LogP contribution in [-0.2, 0) is 29.2 Å². The van der Waals surface area contributed by atoms with Crippen molar-refractivity contribution in [3.8, 4) is 17.0 Å². The molecule has 0 amide bonds. The number of aryl methyl sites for hydroxylation is 2. The number of aromatic nitrogens is 1. The zero-order chi connectivity index (χ0) is 22.4. The normalized spacial score (nSPS) is 14.3. The highest BCUT2D eigenvalue weighted by molar-refractivity contribution is 5.71. The van der Waals surface area contributed by atoms with Gasteiger partial charge in [-0.15, -0.1) is 0 Å². The van der Waals surface area contributed by atoms with E-state index in [1.165, 1.54) is 28.3 Å². The maximum absolute atomic E-state index is 14.4. The molecule has 6 heteroatoms. The average Bonchev–Trinajstić information content (AvgIpc) is 3.13. The Morgan fingerprint density at radius 1 is 1.10 bits per heavy atom. The number of benzene rings is 2. The zero-order valence-electron chi connectivity index (χ0n) is 17.8. The summed E-state index contributed by atoms with van der Waals surface area (Å²) in [6, 6.07) is 13.5. The molecule has 0 aliphatic heterocycles. The van der Waals surface area contributed by atoms with Gasteiger partial charge in [-0.1, -0.05) is 31.2 Å². The standard InChI is InChI=1S/C24H24FNO.CHFO2/c1-15-9-19-12-23(26-13-20(19)10-15)27-14-21-11-18(7-8-22(21)25)24-16(2)5-4-6-17(24)3;2-4-1-3/h4-8,11-13,15H,9-10,14H2,1-3H3;1H. The number of halogens is 2. The minimum atomic E-state index is -0.292. The number of hydrogen-bond donors (Lipinski definition) is 0. The summed E-state index contributed by atoms with van der Waals surface area (Å²) >= 11 is 0. The number of nitrogens with zero attached hydrogens (tertiary/aromatic N) is 1. The van der Waals surface area contributed by atoms with Crippen LogP contribution in [0.3, 0.4) is 0 Å². The number of hydrogen-bond acceptors (Lipinski definition) is 4. The highest BCUT2D eigenvalue weighted by Crippen LogP contribution is 2.30. The lowest BCUT2D eigenvalue weighted by Crippen LogP contribution is -2.01. The molecule has 0 spiro atoms. The molecule has 1 aromatic heterocycles. The summed E-state index contributed by atoms with van der Waals surface area (Å²) in [6.45, 7) is 6.29. The molecule has 0 bridgehead atoms. The van der Waals surface area contributed by atoms with Gasteiger partial charge in [0.05, 0.1) is 0 Å². The van der Waals surface area contributed by atoms with Gasteiger partial charge < -0.3 is 4.74 Å². The summed E-state index contributed by atoms with van der Waals surface area (Å²) in [7, 11) is 0. The first kappa shape index (κ1) is 22.4. The van der Waals surface area contributed by atoms with Crippen LogP contribution in [0.15, 0.2) is 48.7 Å². The molecule has 1 unspecified atom stereocenters. The van der Waals surface area contributed by atoms with Crippen molar-refractivity contribution in [3.05, 3.63) is 82.3 Å². The fourth-order valence-electron chi connectivity index (χ4n) is 4.04. The van der Waals surface area contributed by atoms with Crippen LogP contribution in [0.25, 0.3) is 11.1 Å². The molecule has 1 atom stereocenters. The summed E-state index contributed by atoms with van der Waals surface area (Å²) in [6.07, 6.45) is 4.04. The Labute approximate surface area is 180 Å². The molecule has 1 aliphatic carbocycles. The first-order valence-electron chi connectivity index (χ1n) is 10.1. The average molecular weight is 425 g/mol. The van der Waals surface area contributed by atoms with Crippen LogP contribution in [-0.4, -0.2) is 11.5 Å². The Hall–Kier alpha value is -3.28. The van der Waals surface area contributed by atoms with Crippen molar-refractivity contribution in [2.24, 2.45) is 5.92 Å². The number of rotatable bonds is 5. The third kappa shape index (κ3) is 5.45. The van der Waals surface area contributed by atoms with Crippen molar-refractivity contribution in [1.29, 1.82) is 0 Å². The van der Waals surface area contributed by atoms with E-state index in [2.05, 4.69) is 42.8 Å². The predicted molar refractivity (Wildman–Crippen MR) is 115 cm³/mol. The van der Waals surface area contributed by atoms with Gasteiger partial charge in [-0.25, -0.2) is 9.37 Å². The van der Waals surface area contributed by atoms with Gasteiger partial charge in [0.1, 0.15) is 12.4 Å². The number of ether oxygens (including phenoxy) is 1. The van der Waals surface area contributed by atoms with E-state index in [4.69, 9.17) is 9.53 Å². The summed E-state index contributed by atoms with van der Waals surface area (Å²) in [4.78, 5) is 15.3. The molecule has 0 saturated carbocycles. The molecule has 0 saturated heterocycles. The third-order valence-electron chi connectivity index (χ3n) is 5.42. The van der Waals surface area contributed by atoms with Crippen molar-refractivity contribution in [2.75, 3.05) is 0 Å². The molecule has 4 rings (SSSR count). The fraction of sp³-hybridized carbons (Fsp3) is 0.280. The zero-order valence-corrected chi connectivity index (χ0v) is 17.8. The van der Waals surface area contributed by atoms with Gasteiger partial charge in [0.25, 0.3) is 0 Å². The van der Waals surface area contributed by atoms with Gasteiger partial charge in [-0.05, 0) is 78.1 Å². The van der Waals surface area contributed by atoms with Crippen LogP contribution in [0, 0.1) is 25.6 Å². The van der Waals surface area contributed by atoms with E-state index < -0.39 is 0 Å². The van der Waals surface area contributed by atoms with Crippen LogP contribution < -0.4 is 4.74 Å². The summed E-state index contributed by atoms with van der Waals surface area (Å²) < 4.78 is 30.0. The second-order valence-electron chi connectivity index (χ2n) is 7.85. The molecule has 1 heterocycles. The molecule has 3 aromatic rings. The molecular weight excluding hydrogens is 400 g/mol. The topological polar surface area (TPSA) is 48.4 Å². The molecule has 31 heavy (non-hydrogen) atoms. The smallest absolute Gasteiger partial charge is 0.337 e. The molecular formula is C25H25F2NO3. The SMILES string of the molecule is Cc1cccc(C)c1-c1ccc(F)c(COc2cc3c(cn2)CC(C)C3)c1.O=COF. The van der Waals surface area contributed by atoms with E-state index in [1.54, 1.807) is 0 Å². The van der Waals surface area contributed by atoms with Crippen LogP contribution in [0.5, 0.6) is 5.88 Å². The Kier molecular flexibility index (Phi) is 7.34. The van der Waals surface area contributed by atoms with Crippen LogP contribution in [0.2, 0.25) is 0 Å². The highest BCUT2D eigenvalue weighted by atomic mass is 19.3. The van der Waals surface area contributed by atoms with Crippen LogP contribution in [0.4, 0.5) is 8.92 Å². The molecule has 0 fully saturated rings. The Morgan fingerprint density at radius 3 is 2.45 bits per heavy atom. The first-order valence-corrected chi connectivity index (χ1v) is 10.1. The maximum atomic E-state index is 14.4. The first-order chi connectivity index (χ1) is 14.9. The van der Waals surface area contributed by atoms with Crippen LogP contribution in [0.1, 0.15) is 34.7 Å². The van der Waals surface area contributed by atoms with E-state index in [9.17, 15) is 8.92 Å². The van der Waals surface area contributed by atoms with Crippen LogP contribution >= 0.6 is 0 Å². The largest absolute Gasteiger partial charge is 0.473 e. The molecule has 2 aromatic carbocycles. The van der Waals surface area contributed by atoms with Crippen molar-refractivity contribution in [2.45, 2.75) is 40.2 Å². The van der Waals surface area contributed by atoms with Gasteiger partial charge in [0.15, 0.2) is 0 Å². The second-order valence-corrected chi connectivity index (χ2v) is 7.85. The quantitative estimate of drug-likeness (QED) is 0.480. The van der Waals surface area contributed by atoms with E-state index >= 15 is 0 Å². The van der Waals surface area contributed by atoms with E-state index in [1.807, 2.05) is 30.5 Å². The molecule has 0 radical (unpaired) electrons. The monoisotopic (exact) mass is 425 g/mol. The van der Waals surface area contributed by atoms with Gasteiger partial charge >= 0.3 is 6.47 Å². The van der Waals surface area contributed by atoms with E-state index in [0.717, 1.165) is 24.0 Å². The summed E-state index contributed by atoms with van der Waals surface area (Å²) in [5.74, 6) is 0.975. The van der Waals surface area contributed by atoms with Gasteiger partial charge in [0.2, 0.25) is 5.88 Å². The van der Waals surface area contributed by atoms with Crippen molar-refractivity contribution in [3.63, 3.8) is 0 Å². The van der Waals surface area contributed by atoms with E-state index in [0.29, 0.717) is 17.4 Å². The minimum absolute atomic E-state index is 0.173. The minimum Gasteiger partial charge on any atom is -0.473 e. The van der Waals surface area contributed by atoms with Crippen molar-refractivity contribution < 1.29 is 23.4 Å². The highest BCUT2D eigenvalue weighted by Gasteiger charge is 2.19. The number of carbonyl (C=O) groups excluding carboxylic acids is 1. The molecule has 1 aliphatic rings. The number of pyridine rings is 1. The lowest BCUT2D eigenvalue weighted by Gasteiger charge is -2.13. The predicted octanol–water partition coefficient (Wildman–Crippen LogP) is 5.86. The molecule has 0 N–H and O–H groups in total. The third-order valence-corrected chi connectivity index (χ3v) is 5.42. The molecule has 162 valence electrons. The van der Waals surface area contributed by atoms with E-state index in [-0.39, 0.29) is 18.9 Å². The van der Waals surface area contributed by atoms with Crippen molar-refractivity contribution in [1.82, 2.24) is 4.98 Å².